The van der Waals surface area contributed by atoms with Gasteiger partial charge in [0.1, 0.15) is 16.6 Å². The van der Waals surface area contributed by atoms with E-state index in [1.165, 1.54) is 39.1 Å². The number of oxazole rings is 3. The Kier molecular flexibility index (Phi) is 9.95. The van der Waals surface area contributed by atoms with Crippen molar-refractivity contribution in [2.24, 2.45) is 0 Å². The van der Waals surface area contributed by atoms with Crippen LogP contribution in [0.3, 0.4) is 0 Å². The lowest BCUT2D eigenvalue weighted by Gasteiger charge is -2.02. The molecule has 14 rings (SSSR count). The molecule has 10 nitrogen and oxygen atoms in total. The van der Waals surface area contributed by atoms with Crippen molar-refractivity contribution in [2.45, 2.75) is 6.42 Å². The number of aromatic amines is 1. The summed E-state index contributed by atoms with van der Waals surface area (Å²) in [5, 5.41) is 13.6. The predicted octanol–water partition coefficient (Wildman–Crippen LogP) is 15.3. The van der Waals surface area contributed by atoms with E-state index in [0.29, 0.717) is 34.3 Å². The molecule has 68 heavy (non-hydrogen) atoms. The van der Waals surface area contributed by atoms with Gasteiger partial charge in [-0.15, -0.1) is 0 Å². The molecule has 0 atom stereocenters. The van der Waals surface area contributed by atoms with Crippen molar-refractivity contribution in [1.82, 2.24) is 19.9 Å². The maximum absolute atomic E-state index is 11.2. The quantitative estimate of drug-likeness (QED) is 0.133. The first-order valence-electron chi connectivity index (χ1n) is 22.1. The van der Waals surface area contributed by atoms with Crippen LogP contribution < -0.4 is 0 Å². The largest absolute Gasteiger partial charge is 0.436 e. The van der Waals surface area contributed by atoms with E-state index in [0.717, 1.165) is 61.9 Å². The van der Waals surface area contributed by atoms with Crippen LogP contribution in [0.5, 0.6) is 0 Å². The minimum absolute atomic E-state index is 0.0728. The van der Waals surface area contributed by atoms with E-state index in [1.807, 2.05) is 115 Å². The van der Waals surface area contributed by atoms with Crippen LogP contribution in [0.1, 0.15) is 11.1 Å². The number of benzene rings is 9. The second-order valence-electron chi connectivity index (χ2n) is 16.4. The van der Waals surface area contributed by atoms with Crippen molar-refractivity contribution in [3.63, 3.8) is 0 Å². The van der Waals surface area contributed by atoms with Gasteiger partial charge < -0.3 is 18.2 Å². The molecule has 4 aromatic heterocycles. The molecular weight excluding hydrogens is 847 g/mol. The Morgan fingerprint density at radius 1 is 0.441 bits per heavy atom. The van der Waals surface area contributed by atoms with Crippen molar-refractivity contribution in [3.05, 3.63) is 227 Å². The lowest BCUT2D eigenvalue weighted by molar-refractivity contribution is -0.384. The smallest absolute Gasteiger partial charge is 0.277 e. The number of nitro benzene ring substituents is 1. The number of aromatic nitrogens is 4. The highest BCUT2D eigenvalue weighted by Gasteiger charge is 2.21. The maximum Gasteiger partial charge on any atom is 0.277 e. The first kappa shape index (κ1) is 40.1. The first-order valence-corrected chi connectivity index (χ1v) is 22.1. The average molecular weight is 884 g/mol. The van der Waals surface area contributed by atoms with Crippen LogP contribution in [0, 0.1) is 10.1 Å². The Balaban J connectivity index is 0.000000106. The third-order valence-corrected chi connectivity index (χ3v) is 12.2. The molecule has 1 N–H and O–H groups in total. The summed E-state index contributed by atoms with van der Waals surface area (Å²) in [6, 6.07) is 67.0. The van der Waals surface area contributed by atoms with E-state index in [4.69, 9.17) is 18.2 Å². The van der Waals surface area contributed by atoms with E-state index < -0.39 is 0 Å². The van der Waals surface area contributed by atoms with E-state index in [2.05, 4.69) is 75.6 Å². The Hall–Kier alpha value is -9.41. The normalized spacial score (nSPS) is 11.6. The van der Waals surface area contributed by atoms with Crippen LogP contribution in [-0.4, -0.2) is 24.9 Å². The second-order valence-corrected chi connectivity index (χ2v) is 16.4. The summed E-state index contributed by atoms with van der Waals surface area (Å²) in [4.78, 5) is 28.2. The number of nitrogens with one attached hydrogen (secondary N) is 1. The Bertz CT molecular complexity index is 3990. The third-order valence-electron chi connectivity index (χ3n) is 12.2. The summed E-state index contributed by atoms with van der Waals surface area (Å²) in [5.74, 6) is 1.87. The van der Waals surface area contributed by atoms with Crippen LogP contribution in [0.4, 0.5) is 5.69 Å². The highest BCUT2D eigenvalue weighted by molar-refractivity contribution is 6.15. The highest BCUT2D eigenvalue weighted by atomic mass is 16.6. The van der Waals surface area contributed by atoms with Gasteiger partial charge in [-0.3, -0.25) is 10.1 Å². The summed E-state index contributed by atoms with van der Waals surface area (Å²) in [5.41, 5.74) is 16.5. The number of fused-ring (bicyclic) bond motifs is 10. The van der Waals surface area contributed by atoms with Crippen molar-refractivity contribution >= 4 is 60.8 Å². The molecule has 0 bridgehead atoms. The molecule has 0 fully saturated rings. The zero-order valence-corrected chi connectivity index (χ0v) is 36.2. The number of nitrogens with zero attached hydrogens (tertiary/aromatic N) is 4. The number of hydrogen-bond donors (Lipinski definition) is 1. The van der Waals surface area contributed by atoms with Crippen molar-refractivity contribution in [3.8, 4) is 56.6 Å². The molecule has 1 aliphatic rings. The molecule has 1 aliphatic carbocycles. The van der Waals surface area contributed by atoms with Gasteiger partial charge in [-0.2, -0.15) is 0 Å². The Morgan fingerprint density at radius 2 is 1.00 bits per heavy atom. The minimum Gasteiger partial charge on any atom is -0.436 e. The topological polar surface area (TPSA) is 137 Å². The fourth-order valence-corrected chi connectivity index (χ4v) is 8.95. The molecule has 0 unspecified atom stereocenters. The summed E-state index contributed by atoms with van der Waals surface area (Å²) in [6.45, 7) is 0. The monoisotopic (exact) mass is 883 g/mol. The van der Waals surface area contributed by atoms with Gasteiger partial charge in [-0.1, -0.05) is 115 Å². The van der Waals surface area contributed by atoms with Gasteiger partial charge in [0.05, 0.1) is 16.0 Å². The number of para-hydroxylation sites is 2. The van der Waals surface area contributed by atoms with Crippen LogP contribution in [0.25, 0.3) is 112 Å². The first-order chi connectivity index (χ1) is 33.5. The van der Waals surface area contributed by atoms with Crippen molar-refractivity contribution in [1.29, 1.82) is 0 Å². The molecule has 324 valence electrons. The van der Waals surface area contributed by atoms with Crippen molar-refractivity contribution in [2.75, 3.05) is 0 Å². The molecule has 13 aromatic rings. The fraction of sp³-hybridized carbons (Fsp3) is 0.0172. The maximum atomic E-state index is 11.2. The van der Waals surface area contributed by atoms with Gasteiger partial charge in [0.15, 0.2) is 16.7 Å². The van der Waals surface area contributed by atoms with Crippen LogP contribution >= 0.6 is 0 Å². The van der Waals surface area contributed by atoms with Crippen LogP contribution in [0.2, 0.25) is 0 Å². The molecule has 0 saturated heterocycles. The molecule has 0 spiro atoms. The summed E-state index contributed by atoms with van der Waals surface area (Å²) in [7, 11) is 0. The van der Waals surface area contributed by atoms with Gasteiger partial charge in [0.25, 0.3) is 5.69 Å². The SMILES string of the molecule is O=[N+]([O-])c1ccccc1-c1ccc2oc(-c3ccccc3)nc2c1.c1ccc(-c2nc3c(ccc4c5ccccc5[nH]c43)o2)cc1.c1ccc(-c2nc3cc4c(cc3o2)Cc2ccccc2-4)cc1. The van der Waals surface area contributed by atoms with Gasteiger partial charge in [0.2, 0.25) is 17.7 Å². The van der Waals surface area contributed by atoms with Gasteiger partial charge in [-0.25, -0.2) is 15.0 Å². The fourth-order valence-electron chi connectivity index (χ4n) is 8.95. The number of nitro groups is 1. The van der Waals surface area contributed by atoms with Crippen LogP contribution in [0.15, 0.2) is 220 Å². The molecule has 0 amide bonds. The predicted molar refractivity (Wildman–Crippen MR) is 268 cm³/mol. The van der Waals surface area contributed by atoms with E-state index in [1.54, 1.807) is 24.3 Å². The van der Waals surface area contributed by atoms with Gasteiger partial charge >= 0.3 is 0 Å². The summed E-state index contributed by atoms with van der Waals surface area (Å²) < 4.78 is 17.7. The summed E-state index contributed by atoms with van der Waals surface area (Å²) in [6.07, 6.45) is 0.975. The highest BCUT2D eigenvalue weighted by Crippen LogP contribution is 2.40. The third kappa shape index (κ3) is 7.41. The number of H-pyrrole nitrogens is 1. The molecule has 0 radical (unpaired) electrons. The summed E-state index contributed by atoms with van der Waals surface area (Å²) >= 11 is 0. The molecular formula is C58H37N5O5. The van der Waals surface area contributed by atoms with Crippen LogP contribution in [-0.2, 0) is 6.42 Å². The number of rotatable bonds is 5. The lowest BCUT2D eigenvalue weighted by Crippen LogP contribution is -1.91. The standard InChI is InChI=1S/C20H13NO.C19H12N2O3.C19H12N2O/c1-2-6-13(7-3-1)20-21-18-12-17-15(11-19(18)22-20)10-14-8-4-5-9-16(14)17;22-21(23)17-9-5-4-8-15(17)14-10-11-18-16(12-14)20-19(24-18)13-6-2-1-3-7-13;1-2-6-12(7-3-1)19-21-18-16(22-19)11-10-14-13-8-4-5-9-15(13)20-17(14)18/h1-9,11-12H,10H2;1-12H;1-11,20H. The van der Waals surface area contributed by atoms with E-state index in [9.17, 15) is 10.1 Å². The van der Waals surface area contributed by atoms with E-state index >= 15 is 0 Å². The van der Waals surface area contributed by atoms with Gasteiger partial charge in [0, 0.05) is 39.0 Å². The minimum atomic E-state index is -0.377. The molecule has 4 heterocycles. The zero-order valence-electron chi connectivity index (χ0n) is 36.2. The Morgan fingerprint density at radius 3 is 1.71 bits per heavy atom. The second kappa shape index (κ2) is 16.9. The van der Waals surface area contributed by atoms with E-state index in [-0.39, 0.29) is 10.6 Å². The molecule has 10 heteroatoms. The lowest BCUT2D eigenvalue weighted by atomic mass is 10.0. The average Bonchev–Trinajstić information content (AvgIpc) is 4.25. The molecule has 0 aliphatic heterocycles. The molecule has 9 aromatic carbocycles. The zero-order chi connectivity index (χ0) is 45.6. The number of hydrogen-bond acceptors (Lipinski definition) is 8. The van der Waals surface area contributed by atoms with Crippen molar-refractivity contribution < 1.29 is 18.2 Å². The van der Waals surface area contributed by atoms with Gasteiger partial charge in [-0.05, 0) is 119 Å². The molecule has 0 saturated carbocycles. The Labute approximate surface area is 388 Å².